The highest BCUT2D eigenvalue weighted by Gasteiger charge is 2.36. The lowest BCUT2D eigenvalue weighted by atomic mass is 10.1. The highest BCUT2D eigenvalue weighted by atomic mass is 16.5. The van der Waals surface area contributed by atoms with Crippen molar-refractivity contribution in [3.8, 4) is 11.3 Å². The molecule has 150 valence electrons. The Kier molecular flexibility index (Phi) is 5.65. The number of furan rings is 1. The van der Waals surface area contributed by atoms with Gasteiger partial charge in [0.1, 0.15) is 23.0 Å². The van der Waals surface area contributed by atoms with Gasteiger partial charge in [-0.2, -0.15) is 0 Å². The molecular weight excluding hydrogens is 364 g/mol. The zero-order valence-electron chi connectivity index (χ0n) is 16.9. The molecule has 0 spiro atoms. The molecule has 0 saturated heterocycles. The number of carbonyl (C=O) groups excluding carboxylic acids is 1. The number of carbonyl (C=O) groups is 1. The van der Waals surface area contributed by atoms with E-state index in [4.69, 9.17) is 8.94 Å². The van der Waals surface area contributed by atoms with Crippen molar-refractivity contribution in [1.82, 2.24) is 10.1 Å². The maximum atomic E-state index is 12.3. The summed E-state index contributed by atoms with van der Waals surface area (Å²) >= 11 is 0. The van der Waals surface area contributed by atoms with E-state index >= 15 is 0 Å². The molecule has 1 aliphatic carbocycles. The first-order chi connectivity index (χ1) is 14.1. The van der Waals surface area contributed by atoms with Crippen molar-refractivity contribution in [3.63, 3.8) is 0 Å². The molecule has 29 heavy (non-hydrogen) atoms. The van der Waals surface area contributed by atoms with E-state index in [9.17, 15) is 4.79 Å². The largest absolute Gasteiger partial charge is 0.461 e. The van der Waals surface area contributed by atoms with Crippen molar-refractivity contribution in [1.29, 1.82) is 0 Å². The number of nitrogens with zero attached hydrogens (tertiary/aromatic N) is 2. The molecule has 2 heterocycles. The van der Waals surface area contributed by atoms with Crippen LogP contribution in [-0.2, 0) is 11.2 Å². The molecule has 3 aromatic rings. The van der Waals surface area contributed by atoms with Crippen LogP contribution in [0, 0.1) is 5.92 Å². The van der Waals surface area contributed by atoms with E-state index in [2.05, 4.69) is 12.1 Å². The molecule has 5 heteroatoms. The second-order valence-electron chi connectivity index (χ2n) is 7.80. The third kappa shape index (κ3) is 4.86. The van der Waals surface area contributed by atoms with Crippen LogP contribution >= 0.6 is 0 Å². The van der Waals surface area contributed by atoms with Crippen molar-refractivity contribution in [2.75, 3.05) is 13.6 Å². The Morgan fingerprint density at radius 3 is 2.79 bits per heavy atom. The third-order valence-corrected chi connectivity index (χ3v) is 5.43. The number of likely N-dealkylation sites (N-methyl/N-ethyl adjacent to an activating group) is 1. The van der Waals surface area contributed by atoms with E-state index < -0.39 is 0 Å². The van der Waals surface area contributed by atoms with Gasteiger partial charge < -0.3 is 13.8 Å². The quantitative estimate of drug-likeness (QED) is 0.498. The summed E-state index contributed by atoms with van der Waals surface area (Å²) in [6.07, 6.45) is 6.06. The summed E-state index contributed by atoms with van der Waals surface area (Å²) < 4.78 is 11.2. The molecule has 2 atom stereocenters. The highest BCUT2D eigenvalue weighted by molar-refractivity contribution is 5.91. The van der Waals surface area contributed by atoms with Gasteiger partial charge in [0.25, 0.3) is 0 Å². The van der Waals surface area contributed by atoms with Crippen LogP contribution in [0.2, 0.25) is 0 Å². The van der Waals surface area contributed by atoms with Gasteiger partial charge in [0.2, 0.25) is 5.91 Å². The molecule has 0 radical (unpaired) electrons. The van der Waals surface area contributed by atoms with Gasteiger partial charge in [0.15, 0.2) is 0 Å². The van der Waals surface area contributed by atoms with Crippen molar-refractivity contribution >= 4 is 12.0 Å². The summed E-state index contributed by atoms with van der Waals surface area (Å²) in [4.78, 5) is 14.0. The van der Waals surface area contributed by atoms with E-state index in [0.717, 1.165) is 41.4 Å². The fourth-order valence-corrected chi connectivity index (χ4v) is 3.43. The number of hydrogen-bond donors (Lipinski definition) is 0. The van der Waals surface area contributed by atoms with Crippen LogP contribution in [0.25, 0.3) is 17.3 Å². The van der Waals surface area contributed by atoms with Crippen molar-refractivity contribution in [2.24, 2.45) is 5.92 Å². The van der Waals surface area contributed by atoms with Crippen LogP contribution in [0.4, 0.5) is 0 Å². The number of rotatable bonds is 8. The lowest BCUT2D eigenvalue weighted by Crippen LogP contribution is -2.26. The minimum atomic E-state index is -0.0368. The van der Waals surface area contributed by atoms with Gasteiger partial charge in [-0.05, 0) is 37.0 Å². The molecule has 1 aromatic carbocycles. The van der Waals surface area contributed by atoms with Gasteiger partial charge in [-0.15, -0.1) is 0 Å². The Morgan fingerprint density at radius 2 is 2.03 bits per heavy atom. The van der Waals surface area contributed by atoms with Gasteiger partial charge >= 0.3 is 0 Å². The van der Waals surface area contributed by atoms with Crippen molar-refractivity contribution in [2.45, 2.75) is 32.1 Å². The molecule has 0 N–H and O–H groups in total. The van der Waals surface area contributed by atoms with E-state index in [1.807, 2.05) is 55.6 Å². The number of hydrogen-bond acceptors (Lipinski definition) is 4. The monoisotopic (exact) mass is 390 g/mol. The summed E-state index contributed by atoms with van der Waals surface area (Å²) in [5, 5.41) is 4.13. The molecule has 1 aliphatic rings. The molecule has 1 fully saturated rings. The Bertz CT molecular complexity index is 986. The highest BCUT2D eigenvalue weighted by Crippen LogP contribution is 2.47. The molecule has 0 aliphatic heterocycles. The Balaban J connectivity index is 1.23. The number of benzene rings is 1. The zero-order chi connectivity index (χ0) is 20.2. The zero-order valence-corrected chi connectivity index (χ0v) is 16.9. The Labute approximate surface area is 171 Å². The second kappa shape index (κ2) is 8.52. The van der Waals surface area contributed by atoms with Gasteiger partial charge in [-0.3, -0.25) is 4.79 Å². The molecule has 1 saturated carbocycles. The van der Waals surface area contributed by atoms with Crippen LogP contribution in [0.3, 0.4) is 0 Å². The first-order valence-electron chi connectivity index (χ1n) is 10.1. The van der Waals surface area contributed by atoms with E-state index in [0.29, 0.717) is 18.4 Å². The summed E-state index contributed by atoms with van der Waals surface area (Å²) in [6, 6.07) is 15.9. The first-order valence-corrected chi connectivity index (χ1v) is 10.1. The molecule has 4 rings (SSSR count). The fourth-order valence-electron chi connectivity index (χ4n) is 3.43. The summed E-state index contributed by atoms with van der Waals surface area (Å²) in [7, 11) is 1.81. The minimum Gasteiger partial charge on any atom is -0.461 e. The van der Waals surface area contributed by atoms with Crippen LogP contribution in [-0.4, -0.2) is 29.6 Å². The number of aromatic nitrogens is 1. The predicted molar refractivity (Wildman–Crippen MR) is 112 cm³/mol. The molecule has 1 amide bonds. The van der Waals surface area contributed by atoms with E-state index in [1.54, 1.807) is 17.1 Å². The van der Waals surface area contributed by atoms with Crippen molar-refractivity contribution < 1.29 is 13.7 Å². The van der Waals surface area contributed by atoms with Crippen LogP contribution in [0.1, 0.15) is 43.0 Å². The van der Waals surface area contributed by atoms with Gasteiger partial charge in [0.05, 0.1) is 0 Å². The van der Waals surface area contributed by atoms with E-state index in [-0.39, 0.29) is 5.91 Å². The van der Waals surface area contributed by atoms with Gasteiger partial charge in [0, 0.05) is 43.6 Å². The Morgan fingerprint density at radius 1 is 1.24 bits per heavy atom. The topological polar surface area (TPSA) is 59.5 Å². The molecule has 5 nitrogen and oxygen atoms in total. The summed E-state index contributed by atoms with van der Waals surface area (Å²) in [5.41, 5.74) is 1.88. The number of aryl methyl sites for hydroxylation is 1. The Hall–Kier alpha value is -3.08. The van der Waals surface area contributed by atoms with Crippen molar-refractivity contribution in [3.05, 3.63) is 71.9 Å². The summed E-state index contributed by atoms with van der Waals surface area (Å²) in [6.45, 7) is 2.87. The minimum absolute atomic E-state index is 0.0368. The average molecular weight is 390 g/mol. The summed E-state index contributed by atoms with van der Waals surface area (Å²) in [5.74, 6) is 3.81. The second-order valence-corrected chi connectivity index (χ2v) is 7.80. The fraction of sp³-hybridized carbons (Fsp3) is 0.333. The standard InChI is InChI=1S/C24H26N2O3/c1-17-15-21(17)23-12-10-19(28-23)11-13-24(27)26(2)14-6-9-20-16-22(25-29-20)18-7-4-3-5-8-18/h3-5,7-8,10-13,16-17,21H,6,9,14-15H2,1-2H3/b13-11+. The van der Waals surface area contributed by atoms with E-state index in [1.165, 1.54) is 6.42 Å². The van der Waals surface area contributed by atoms with Crippen LogP contribution < -0.4 is 0 Å². The van der Waals surface area contributed by atoms with Crippen LogP contribution in [0.15, 0.2) is 63.5 Å². The van der Waals surface area contributed by atoms with Crippen LogP contribution in [0.5, 0.6) is 0 Å². The molecular formula is C24H26N2O3. The lowest BCUT2D eigenvalue weighted by molar-refractivity contribution is -0.124. The predicted octanol–water partition coefficient (Wildman–Crippen LogP) is 5.16. The average Bonchev–Trinajstić information content (AvgIpc) is 3.13. The molecule has 0 bridgehead atoms. The first kappa shape index (κ1) is 19.2. The SMILES string of the molecule is CC1CC1c1ccc(/C=C/C(=O)N(C)CCCc2cc(-c3ccccc3)no2)o1. The maximum Gasteiger partial charge on any atom is 0.246 e. The maximum absolute atomic E-state index is 12.3. The molecule has 2 unspecified atom stereocenters. The lowest BCUT2D eigenvalue weighted by Gasteiger charge is -2.14. The van der Waals surface area contributed by atoms with Gasteiger partial charge in [-0.1, -0.05) is 42.4 Å². The number of amides is 1. The third-order valence-electron chi connectivity index (χ3n) is 5.43. The molecule has 2 aromatic heterocycles. The smallest absolute Gasteiger partial charge is 0.246 e. The van der Waals surface area contributed by atoms with Gasteiger partial charge in [-0.25, -0.2) is 0 Å². The normalized spacial score (nSPS) is 18.3.